The Morgan fingerprint density at radius 2 is 2.10 bits per heavy atom. The molecule has 8 nitrogen and oxygen atoms in total. The zero-order chi connectivity index (χ0) is 20.1. The minimum atomic E-state index is 0.0428. The molecular weight excluding hydrogens is 368 g/mol. The zero-order valence-electron chi connectivity index (χ0n) is 17.1. The van der Waals surface area contributed by atoms with E-state index in [4.69, 9.17) is 4.42 Å². The van der Waals surface area contributed by atoms with E-state index >= 15 is 0 Å². The first kappa shape index (κ1) is 20.0. The van der Waals surface area contributed by atoms with Crippen LogP contribution in [-0.2, 0) is 17.9 Å². The number of pyridine rings is 1. The standard InChI is InChI=1S/C21H30N6O2/c1-16-24-25-20(29-16)13-23-21(28)18-5-3-9-27(15-18)19-6-10-26(11-7-19)14-17-4-2-8-22-12-17/h2,4,8,12,18-19H,3,5-7,9-11,13-15H2,1H3,(H,23,28). The number of rotatable bonds is 6. The van der Waals surface area contributed by atoms with Gasteiger partial charge in [-0.2, -0.15) is 0 Å². The van der Waals surface area contributed by atoms with Crippen LogP contribution in [0.15, 0.2) is 28.9 Å². The fourth-order valence-corrected chi connectivity index (χ4v) is 4.46. The predicted molar refractivity (Wildman–Crippen MR) is 108 cm³/mol. The summed E-state index contributed by atoms with van der Waals surface area (Å²) >= 11 is 0. The molecule has 4 rings (SSSR count). The molecule has 2 aromatic heterocycles. The van der Waals surface area contributed by atoms with Crippen LogP contribution in [0.1, 0.15) is 43.0 Å². The van der Waals surface area contributed by atoms with Crippen LogP contribution in [0.25, 0.3) is 0 Å². The van der Waals surface area contributed by atoms with Gasteiger partial charge < -0.3 is 9.73 Å². The molecule has 1 unspecified atom stereocenters. The molecule has 1 N–H and O–H groups in total. The van der Waals surface area contributed by atoms with Crippen molar-refractivity contribution in [2.75, 3.05) is 26.2 Å². The fourth-order valence-electron chi connectivity index (χ4n) is 4.46. The minimum absolute atomic E-state index is 0.0428. The van der Waals surface area contributed by atoms with Gasteiger partial charge in [-0.25, -0.2) is 0 Å². The number of nitrogens with zero attached hydrogens (tertiary/aromatic N) is 5. The smallest absolute Gasteiger partial charge is 0.235 e. The molecule has 2 aromatic rings. The largest absolute Gasteiger partial charge is 0.424 e. The molecule has 0 radical (unpaired) electrons. The quantitative estimate of drug-likeness (QED) is 0.793. The van der Waals surface area contributed by atoms with Crippen LogP contribution in [0.5, 0.6) is 0 Å². The summed E-state index contributed by atoms with van der Waals surface area (Å²) < 4.78 is 5.33. The summed E-state index contributed by atoms with van der Waals surface area (Å²) in [5, 5.41) is 10.7. The van der Waals surface area contributed by atoms with Gasteiger partial charge in [-0.3, -0.25) is 19.6 Å². The number of aromatic nitrogens is 3. The lowest BCUT2D eigenvalue weighted by Crippen LogP contribution is -2.50. The third-order valence-electron chi connectivity index (χ3n) is 6.01. The predicted octanol–water partition coefficient (Wildman–Crippen LogP) is 1.77. The normalized spacial score (nSPS) is 21.9. The maximum Gasteiger partial charge on any atom is 0.235 e. The van der Waals surface area contributed by atoms with Crippen LogP contribution in [-0.4, -0.2) is 63.1 Å². The van der Waals surface area contributed by atoms with Gasteiger partial charge in [-0.1, -0.05) is 6.07 Å². The second-order valence-corrected chi connectivity index (χ2v) is 8.14. The number of nitrogens with one attached hydrogen (secondary N) is 1. The van der Waals surface area contributed by atoms with Crippen LogP contribution in [0.2, 0.25) is 0 Å². The maximum absolute atomic E-state index is 12.6. The number of carbonyl (C=O) groups excluding carboxylic acids is 1. The highest BCUT2D eigenvalue weighted by atomic mass is 16.4. The van der Waals surface area contributed by atoms with Crippen molar-refractivity contribution in [1.82, 2.24) is 30.3 Å². The summed E-state index contributed by atoms with van der Waals surface area (Å²) in [6.45, 7) is 7.18. The number of aryl methyl sites for hydroxylation is 1. The minimum Gasteiger partial charge on any atom is -0.424 e. The molecule has 4 heterocycles. The van der Waals surface area contributed by atoms with Crippen molar-refractivity contribution in [3.63, 3.8) is 0 Å². The first-order valence-electron chi connectivity index (χ1n) is 10.6. The van der Waals surface area contributed by atoms with Gasteiger partial charge in [0.15, 0.2) is 0 Å². The number of amides is 1. The van der Waals surface area contributed by atoms with Crippen molar-refractivity contribution < 1.29 is 9.21 Å². The Hall–Kier alpha value is -2.32. The van der Waals surface area contributed by atoms with Crippen molar-refractivity contribution in [3.8, 4) is 0 Å². The Bertz CT molecular complexity index is 787. The van der Waals surface area contributed by atoms with E-state index in [-0.39, 0.29) is 11.8 Å². The highest BCUT2D eigenvalue weighted by molar-refractivity contribution is 5.78. The number of likely N-dealkylation sites (tertiary alicyclic amines) is 2. The summed E-state index contributed by atoms with van der Waals surface area (Å²) in [6.07, 6.45) is 8.13. The fraction of sp³-hybridized carbons (Fsp3) is 0.619. The van der Waals surface area contributed by atoms with Crippen molar-refractivity contribution in [2.24, 2.45) is 5.92 Å². The van der Waals surface area contributed by atoms with Crippen LogP contribution >= 0.6 is 0 Å². The third kappa shape index (κ3) is 5.39. The van der Waals surface area contributed by atoms with E-state index in [1.165, 1.54) is 5.56 Å². The molecule has 1 atom stereocenters. The average Bonchev–Trinajstić information content (AvgIpc) is 3.18. The zero-order valence-corrected chi connectivity index (χ0v) is 17.1. The van der Waals surface area contributed by atoms with Crippen molar-refractivity contribution in [1.29, 1.82) is 0 Å². The van der Waals surface area contributed by atoms with Crippen molar-refractivity contribution in [2.45, 2.75) is 51.7 Å². The molecule has 2 saturated heterocycles. The van der Waals surface area contributed by atoms with E-state index in [0.29, 0.717) is 24.4 Å². The lowest BCUT2D eigenvalue weighted by Gasteiger charge is -2.42. The number of hydrogen-bond donors (Lipinski definition) is 1. The van der Waals surface area contributed by atoms with E-state index in [0.717, 1.165) is 58.4 Å². The lowest BCUT2D eigenvalue weighted by atomic mass is 9.93. The van der Waals surface area contributed by atoms with Gasteiger partial charge in [-0.05, 0) is 56.9 Å². The molecule has 8 heteroatoms. The Balaban J connectivity index is 1.23. The first-order chi connectivity index (χ1) is 14.2. The molecule has 2 aliphatic rings. The molecule has 0 saturated carbocycles. The highest BCUT2D eigenvalue weighted by Crippen LogP contribution is 2.24. The molecule has 0 bridgehead atoms. The Morgan fingerprint density at radius 3 is 2.83 bits per heavy atom. The molecule has 29 heavy (non-hydrogen) atoms. The first-order valence-corrected chi connectivity index (χ1v) is 10.6. The third-order valence-corrected chi connectivity index (χ3v) is 6.01. The SMILES string of the molecule is Cc1nnc(CNC(=O)C2CCCN(C3CCN(Cc4cccnc4)CC3)C2)o1. The molecule has 0 aliphatic carbocycles. The van der Waals surface area contributed by atoms with Crippen LogP contribution in [0.4, 0.5) is 0 Å². The number of piperidine rings is 2. The number of hydrogen-bond acceptors (Lipinski definition) is 7. The lowest BCUT2D eigenvalue weighted by molar-refractivity contribution is -0.127. The second kappa shape index (κ2) is 9.45. The van der Waals surface area contributed by atoms with Gasteiger partial charge in [0.05, 0.1) is 12.5 Å². The topological polar surface area (TPSA) is 87.4 Å². The highest BCUT2D eigenvalue weighted by Gasteiger charge is 2.31. The maximum atomic E-state index is 12.6. The summed E-state index contributed by atoms with van der Waals surface area (Å²) in [6, 6.07) is 4.72. The molecule has 0 aromatic carbocycles. The van der Waals surface area contributed by atoms with Crippen LogP contribution < -0.4 is 5.32 Å². The molecule has 2 aliphatic heterocycles. The van der Waals surface area contributed by atoms with Crippen molar-refractivity contribution in [3.05, 3.63) is 41.9 Å². The Labute approximate surface area is 171 Å². The summed E-state index contributed by atoms with van der Waals surface area (Å²) in [4.78, 5) is 21.9. The Morgan fingerprint density at radius 1 is 1.24 bits per heavy atom. The van der Waals surface area contributed by atoms with Gasteiger partial charge in [0.1, 0.15) is 0 Å². The van der Waals surface area contributed by atoms with E-state index in [1.54, 1.807) is 6.92 Å². The van der Waals surface area contributed by atoms with Crippen molar-refractivity contribution >= 4 is 5.91 Å². The molecule has 156 valence electrons. The summed E-state index contributed by atoms with van der Waals surface area (Å²) in [5.74, 6) is 1.12. The van der Waals surface area contributed by atoms with Gasteiger partial charge in [-0.15, -0.1) is 10.2 Å². The van der Waals surface area contributed by atoms with Crippen LogP contribution in [0.3, 0.4) is 0 Å². The van der Waals surface area contributed by atoms with Gasteiger partial charge in [0.25, 0.3) is 0 Å². The monoisotopic (exact) mass is 398 g/mol. The summed E-state index contributed by atoms with van der Waals surface area (Å²) in [5.41, 5.74) is 1.28. The second-order valence-electron chi connectivity index (χ2n) is 8.14. The van der Waals surface area contributed by atoms with Crippen LogP contribution in [0, 0.1) is 12.8 Å². The van der Waals surface area contributed by atoms with Gasteiger partial charge in [0, 0.05) is 38.4 Å². The van der Waals surface area contributed by atoms with E-state index in [2.05, 4.69) is 36.4 Å². The molecule has 1 amide bonds. The average molecular weight is 399 g/mol. The Kier molecular flexibility index (Phi) is 6.51. The van der Waals surface area contributed by atoms with E-state index in [9.17, 15) is 4.79 Å². The molecule has 0 spiro atoms. The van der Waals surface area contributed by atoms with Gasteiger partial charge in [0.2, 0.25) is 17.7 Å². The number of carbonyl (C=O) groups is 1. The molecular formula is C21H30N6O2. The van der Waals surface area contributed by atoms with E-state index < -0.39 is 0 Å². The van der Waals surface area contributed by atoms with Gasteiger partial charge >= 0.3 is 0 Å². The summed E-state index contributed by atoms with van der Waals surface area (Å²) in [7, 11) is 0. The molecule has 2 fully saturated rings. The van der Waals surface area contributed by atoms with E-state index in [1.807, 2.05) is 18.5 Å².